The van der Waals surface area contributed by atoms with Gasteiger partial charge in [0.15, 0.2) is 5.65 Å². The Hall–Kier alpha value is -3.22. The fraction of sp³-hybridized carbons (Fsp3) is 0.300. The molecule has 0 bridgehead atoms. The predicted molar refractivity (Wildman–Crippen MR) is 102 cm³/mol. The molecular weight excluding hydrogens is 344 g/mol. The van der Waals surface area contributed by atoms with Crippen LogP contribution in [0.25, 0.3) is 11.0 Å². The first-order valence-electron chi connectivity index (χ1n) is 8.73. The molecule has 2 aromatic heterocycles. The maximum absolute atomic E-state index is 12.6. The monoisotopic (exact) mass is 366 g/mol. The number of nitrogens with zero attached hydrogens (tertiary/aromatic N) is 3. The normalized spacial score (nSPS) is 13.5. The van der Waals surface area contributed by atoms with E-state index < -0.39 is 11.4 Å². The number of carbonyl (C=O) groups is 2. The van der Waals surface area contributed by atoms with Gasteiger partial charge in [0.1, 0.15) is 5.41 Å². The molecule has 2 N–H and O–H groups in total. The first kappa shape index (κ1) is 18.6. The summed E-state index contributed by atoms with van der Waals surface area (Å²) in [6.45, 7) is 5.57. The van der Waals surface area contributed by atoms with Gasteiger partial charge in [-0.25, -0.2) is 9.67 Å². The Morgan fingerprint density at radius 3 is 2.56 bits per heavy atom. The van der Waals surface area contributed by atoms with Gasteiger partial charge in [0.25, 0.3) is 5.91 Å². The minimum absolute atomic E-state index is 0.0333. The first-order chi connectivity index (χ1) is 12.8. The molecular formula is C20H22N4O3. The van der Waals surface area contributed by atoms with Crippen molar-refractivity contribution in [2.75, 3.05) is 6.54 Å². The zero-order valence-corrected chi connectivity index (χ0v) is 15.5. The molecule has 3 aromatic rings. The van der Waals surface area contributed by atoms with E-state index in [2.05, 4.69) is 15.4 Å². The molecule has 27 heavy (non-hydrogen) atoms. The Bertz CT molecular complexity index is 981. The Labute approximate surface area is 157 Å². The number of fused-ring (bicyclic) bond motifs is 1. The molecule has 0 saturated heterocycles. The van der Waals surface area contributed by atoms with E-state index in [1.807, 2.05) is 19.9 Å². The maximum atomic E-state index is 12.6. The number of aliphatic carboxylic acids is 1. The summed E-state index contributed by atoms with van der Waals surface area (Å²) < 4.78 is 1.79. The summed E-state index contributed by atoms with van der Waals surface area (Å²) in [6.07, 6.45) is 3.16. The molecule has 0 spiro atoms. The third kappa shape index (κ3) is 3.53. The molecule has 1 aromatic carbocycles. The van der Waals surface area contributed by atoms with Crippen molar-refractivity contribution < 1.29 is 14.7 Å². The van der Waals surface area contributed by atoms with Crippen molar-refractivity contribution in [3.63, 3.8) is 0 Å². The molecule has 1 amide bonds. The lowest BCUT2D eigenvalue weighted by Gasteiger charge is -2.25. The number of hydrogen-bond acceptors (Lipinski definition) is 4. The third-order valence-electron chi connectivity index (χ3n) is 4.67. The molecule has 2 heterocycles. The van der Waals surface area contributed by atoms with Crippen molar-refractivity contribution in [3.8, 4) is 0 Å². The van der Waals surface area contributed by atoms with Crippen LogP contribution in [0.3, 0.4) is 0 Å². The van der Waals surface area contributed by atoms with E-state index in [-0.39, 0.29) is 18.5 Å². The van der Waals surface area contributed by atoms with E-state index in [1.54, 1.807) is 48.1 Å². The quantitative estimate of drug-likeness (QED) is 0.699. The van der Waals surface area contributed by atoms with Crippen molar-refractivity contribution >= 4 is 22.9 Å². The van der Waals surface area contributed by atoms with Crippen LogP contribution in [0.15, 0.2) is 48.8 Å². The summed E-state index contributed by atoms with van der Waals surface area (Å²) in [7, 11) is 0. The Morgan fingerprint density at radius 1 is 1.22 bits per heavy atom. The molecule has 1 atom stereocenters. The number of hydrogen-bond donors (Lipinski definition) is 2. The fourth-order valence-electron chi connectivity index (χ4n) is 2.91. The van der Waals surface area contributed by atoms with Gasteiger partial charge >= 0.3 is 5.97 Å². The number of amides is 1. The van der Waals surface area contributed by atoms with E-state index >= 15 is 0 Å². The smallest absolute Gasteiger partial charge is 0.315 e. The van der Waals surface area contributed by atoms with Gasteiger partial charge in [0.2, 0.25) is 0 Å². The number of aromatic nitrogens is 3. The van der Waals surface area contributed by atoms with E-state index in [4.69, 9.17) is 0 Å². The number of carbonyl (C=O) groups excluding carboxylic acids is 1. The molecule has 0 aliphatic rings. The van der Waals surface area contributed by atoms with Gasteiger partial charge in [-0.1, -0.05) is 30.3 Å². The van der Waals surface area contributed by atoms with Crippen molar-refractivity contribution in [2.24, 2.45) is 0 Å². The van der Waals surface area contributed by atoms with Crippen molar-refractivity contribution in [1.29, 1.82) is 0 Å². The summed E-state index contributed by atoms with van der Waals surface area (Å²) in [6, 6.07) is 10.7. The number of carboxylic acid groups (broad SMARTS) is 1. The molecule has 3 rings (SSSR count). The second kappa shape index (κ2) is 7.19. The van der Waals surface area contributed by atoms with Crippen molar-refractivity contribution in [3.05, 3.63) is 59.9 Å². The zero-order chi connectivity index (χ0) is 19.6. The number of carboxylic acids is 1. The van der Waals surface area contributed by atoms with E-state index in [9.17, 15) is 14.7 Å². The molecule has 0 aliphatic carbocycles. The summed E-state index contributed by atoms with van der Waals surface area (Å²) in [5.74, 6) is -1.37. The molecule has 1 unspecified atom stereocenters. The lowest BCUT2D eigenvalue weighted by molar-refractivity contribution is -0.142. The lowest BCUT2D eigenvalue weighted by atomic mass is 9.82. The zero-order valence-electron chi connectivity index (χ0n) is 15.5. The van der Waals surface area contributed by atoms with Gasteiger partial charge in [-0.2, -0.15) is 5.10 Å². The van der Waals surface area contributed by atoms with Gasteiger partial charge in [-0.15, -0.1) is 0 Å². The topological polar surface area (TPSA) is 97.1 Å². The van der Waals surface area contributed by atoms with Crippen LogP contribution in [0.2, 0.25) is 0 Å². The number of pyridine rings is 1. The minimum Gasteiger partial charge on any atom is -0.481 e. The summed E-state index contributed by atoms with van der Waals surface area (Å²) in [5.41, 5.74) is 0.481. The number of benzene rings is 1. The molecule has 7 heteroatoms. The van der Waals surface area contributed by atoms with E-state index in [1.165, 1.54) is 6.20 Å². The van der Waals surface area contributed by atoms with E-state index in [0.717, 1.165) is 5.39 Å². The summed E-state index contributed by atoms with van der Waals surface area (Å²) in [5, 5.41) is 17.5. The fourth-order valence-corrected chi connectivity index (χ4v) is 2.91. The average Bonchev–Trinajstić information content (AvgIpc) is 3.09. The highest BCUT2D eigenvalue weighted by molar-refractivity contribution is 5.97. The first-order valence-corrected chi connectivity index (χ1v) is 8.73. The Morgan fingerprint density at radius 2 is 1.93 bits per heavy atom. The van der Waals surface area contributed by atoms with Gasteiger partial charge in [0, 0.05) is 24.2 Å². The molecule has 0 fully saturated rings. The SMILES string of the molecule is CC(C)n1ncc2cc(C(=O)NCC(C)(C(=O)O)c3ccccc3)cnc21. The van der Waals surface area contributed by atoms with Crippen LogP contribution < -0.4 is 5.32 Å². The third-order valence-corrected chi connectivity index (χ3v) is 4.67. The Balaban J connectivity index is 1.80. The molecule has 140 valence electrons. The van der Waals surface area contributed by atoms with Crippen LogP contribution in [0.5, 0.6) is 0 Å². The second-order valence-electron chi connectivity index (χ2n) is 7.01. The van der Waals surface area contributed by atoms with Gasteiger partial charge in [0.05, 0.1) is 11.8 Å². The van der Waals surface area contributed by atoms with Crippen LogP contribution in [-0.4, -0.2) is 38.3 Å². The Kier molecular flexibility index (Phi) is 4.94. The van der Waals surface area contributed by atoms with Crippen LogP contribution in [0.1, 0.15) is 42.7 Å². The summed E-state index contributed by atoms with van der Waals surface area (Å²) >= 11 is 0. The highest BCUT2D eigenvalue weighted by Gasteiger charge is 2.35. The van der Waals surface area contributed by atoms with Crippen LogP contribution in [0.4, 0.5) is 0 Å². The summed E-state index contributed by atoms with van der Waals surface area (Å²) in [4.78, 5) is 28.7. The largest absolute Gasteiger partial charge is 0.481 e. The van der Waals surface area contributed by atoms with Crippen LogP contribution >= 0.6 is 0 Å². The molecule has 0 aliphatic heterocycles. The molecule has 0 saturated carbocycles. The van der Waals surface area contributed by atoms with Crippen LogP contribution in [-0.2, 0) is 10.2 Å². The van der Waals surface area contributed by atoms with Gasteiger partial charge in [-0.3, -0.25) is 9.59 Å². The number of nitrogens with one attached hydrogen (secondary N) is 1. The average molecular weight is 366 g/mol. The van der Waals surface area contributed by atoms with E-state index in [0.29, 0.717) is 16.8 Å². The van der Waals surface area contributed by atoms with Crippen LogP contribution in [0, 0.1) is 0 Å². The second-order valence-corrected chi connectivity index (χ2v) is 7.01. The predicted octanol–water partition coefficient (Wildman–Crippen LogP) is 2.78. The standard InChI is InChI=1S/C20H22N4O3/c1-13(2)24-17-14(11-23-24)9-15(10-21-17)18(25)22-12-20(3,19(26)27)16-7-5-4-6-8-16/h4-11,13H,12H2,1-3H3,(H,22,25)(H,26,27). The molecule has 0 radical (unpaired) electrons. The van der Waals surface area contributed by atoms with Crippen molar-refractivity contribution in [1.82, 2.24) is 20.1 Å². The van der Waals surface area contributed by atoms with Crippen molar-refractivity contribution in [2.45, 2.75) is 32.2 Å². The highest BCUT2D eigenvalue weighted by atomic mass is 16.4. The lowest BCUT2D eigenvalue weighted by Crippen LogP contribution is -2.44. The molecule has 7 nitrogen and oxygen atoms in total. The number of rotatable bonds is 6. The minimum atomic E-state index is -1.23. The van der Waals surface area contributed by atoms with Gasteiger partial charge < -0.3 is 10.4 Å². The highest BCUT2D eigenvalue weighted by Crippen LogP contribution is 2.23. The van der Waals surface area contributed by atoms with Gasteiger partial charge in [-0.05, 0) is 32.4 Å². The maximum Gasteiger partial charge on any atom is 0.315 e.